The molecule has 148 valence electrons. The zero-order valence-electron chi connectivity index (χ0n) is 15.9. The average molecular weight is 412 g/mol. The summed E-state index contributed by atoms with van der Waals surface area (Å²) in [5.41, 5.74) is 2.22. The number of carbonyl (C=O) groups excluding carboxylic acids is 1. The number of hydrogen-bond donors (Lipinski definition) is 1. The van der Waals surface area contributed by atoms with E-state index in [2.05, 4.69) is 28.6 Å². The van der Waals surface area contributed by atoms with Crippen molar-refractivity contribution in [3.8, 4) is 21.8 Å². The van der Waals surface area contributed by atoms with Crippen LogP contribution in [0.3, 0.4) is 0 Å². The summed E-state index contributed by atoms with van der Waals surface area (Å²) in [6.07, 6.45) is 4.41. The lowest BCUT2D eigenvalue weighted by atomic mass is 10.1. The highest BCUT2D eigenvalue weighted by Gasteiger charge is 2.18. The number of amides is 1. The minimum Gasteiger partial charge on any atom is -0.322 e. The highest BCUT2D eigenvalue weighted by Crippen LogP contribution is 2.33. The highest BCUT2D eigenvalue weighted by molar-refractivity contribution is 7.15. The van der Waals surface area contributed by atoms with Gasteiger partial charge in [-0.05, 0) is 25.1 Å². The first-order valence-corrected chi connectivity index (χ1v) is 9.37. The number of aromatic nitrogens is 3. The van der Waals surface area contributed by atoms with E-state index in [-0.39, 0.29) is 0 Å². The minimum absolute atomic E-state index is 0.384. The maximum absolute atomic E-state index is 13.7. The molecule has 2 aromatic heterocycles. The van der Waals surface area contributed by atoms with Crippen LogP contribution in [0.1, 0.15) is 4.88 Å². The SMILES string of the molecule is C=CC(F)=C(C(=C)F)C(=O)Nc1ccc(-c2nc(-c3cnn(C)c3)sc2C)cc1. The van der Waals surface area contributed by atoms with Gasteiger partial charge >= 0.3 is 0 Å². The Morgan fingerprint density at radius 2 is 1.93 bits per heavy atom. The Kier molecular flexibility index (Phi) is 5.84. The van der Waals surface area contributed by atoms with Gasteiger partial charge in [0.05, 0.1) is 11.9 Å². The number of halogens is 2. The van der Waals surface area contributed by atoms with Crippen molar-refractivity contribution in [3.63, 3.8) is 0 Å². The third-order valence-electron chi connectivity index (χ3n) is 4.08. The number of nitrogens with zero attached hydrogens (tertiary/aromatic N) is 3. The van der Waals surface area contributed by atoms with Crippen LogP contribution in [-0.4, -0.2) is 20.7 Å². The van der Waals surface area contributed by atoms with Crippen molar-refractivity contribution < 1.29 is 13.6 Å². The Balaban J connectivity index is 1.82. The van der Waals surface area contributed by atoms with E-state index in [0.29, 0.717) is 5.69 Å². The molecule has 0 aliphatic carbocycles. The van der Waals surface area contributed by atoms with E-state index < -0.39 is 23.1 Å². The molecule has 0 unspecified atom stereocenters. The second kappa shape index (κ2) is 8.32. The van der Waals surface area contributed by atoms with Gasteiger partial charge in [0.1, 0.15) is 22.2 Å². The fraction of sp³-hybridized carbons (Fsp3) is 0.0952. The van der Waals surface area contributed by atoms with Crippen molar-refractivity contribution in [2.45, 2.75) is 6.92 Å². The molecule has 0 aliphatic heterocycles. The maximum atomic E-state index is 13.7. The van der Waals surface area contributed by atoms with Crippen molar-refractivity contribution in [2.24, 2.45) is 7.05 Å². The number of benzene rings is 1. The third-order valence-corrected chi connectivity index (χ3v) is 5.10. The Morgan fingerprint density at radius 1 is 1.24 bits per heavy atom. The van der Waals surface area contributed by atoms with E-state index in [9.17, 15) is 13.6 Å². The summed E-state index contributed by atoms with van der Waals surface area (Å²) in [6.45, 7) is 8.17. The molecule has 0 bridgehead atoms. The van der Waals surface area contributed by atoms with Gasteiger partial charge < -0.3 is 5.32 Å². The largest absolute Gasteiger partial charge is 0.322 e. The summed E-state index contributed by atoms with van der Waals surface area (Å²) in [4.78, 5) is 17.9. The van der Waals surface area contributed by atoms with Crippen LogP contribution in [0.5, 0.6) is 0 Å². The quantitative estimate of drug-likeness (QED) is 0.439. The number of thiazole rings is 1. The molecule has 0 saturated heterocycles. The summed E-state index contributed by atoms with van der Waals surface area (Å²) in [6, 6.07) is 6.84. The number of aryl methyl sites for hydroxylation is 2. The first kappa shape index (κ1) is 20.3. The lowest BCUT2D eigenvalue weighted by Crippen LogP contribution is -2.15. The van der Waals surface area contributed by atoms with Gasteiger partial charge in [0.15, 0.2) is 0 Å². The number of carbonyl (C=O) groups is 1. The standard InChI is InChI=1S/C21H18F2N4OS/c1-5-17(23)18(12(2)22)20(28)25-16-8-6-14(7-9-16)19-13(3)29-21(26-19)15-10-24-27(4)11-15/h5-11H,1-2H2,3-4H3,(H,25,28). The first-order valence-electron chi connectivity index (χ1n) is 8.55. The first-order chi connectivity index (χ1) is 13.8. The maximum Gasteiger partial charge on any atom is 0.261 e. The zero-order chi connectivity index (χ0) is 21.1. The fourth-order valence-electron chi connectivity index (χ4n) is 2.69. The van der Waals surface area contributed by atoms with E-state index in [0.717, 1.165) is 32.8 Å². The van der Waals surface area contributed by atoms with Crippen molar-refractivity contribution in [2.75, 3.05) is 5.32 Å². The molecule has 1 amide bonds. The smallest absolute Gasteiger partial charge is 0.261 e. The van der Waals surface area contributed by atoms with Crippen LogP contribution in [-0.2, 0) is 11.8 Å². The number of hydrogen-bond acceptors (Lipinski definition) is 4. The van der Waals surface area contributed by atoms with Crippen LogP contribution >= 0.6 is 11.3 Å². The van der Waals surface area contributed by atoms with Gasteiger partial charge in [-0.1, -0.05) is 25.3 Å². The molecule has 1 N–H and O–H groups in total. The van der Waals surface area contributed by atoms with E-state index in [1.54, 1.807) is 46.5 Å². The average Bonchev–Trinajstić information content (AvgIpc) is 3.27. The van der Waals surface area contributed by atoms with Crippen molar-refractivity contribution in [1.82, 2.24) is 14.8 Å². The van der Waals surface area contributed by atoms with Gasteiger partial charge in [-0.25, -0.2) is 13.8 Å². The van der Waals surface area contributed by atoms with Crippen LogP contribution in [0, 0.1) is 6.92 Å². The van der Waals surface area contributed by atoms with Gasteiger partial charge in [-0.2, -0.15) is 5.10 Å². The summed E-state index contributed by atoms with van der Waals surface area (Å²) < 4.78 is 28.8. The molecule has 29 heavy (non-hydrogen) atoms. The van der Waals surface area contributed by atoms with Gasteiger partial charge in [-0.3, -0.25) is 9.48 Å². The monoisotopic (exact) mass is 412 g/mol. The molecule has 0 aliphatic rings. The van der Waals surface area contributed by atoms with Crippen LogP contribution in [0.15, 0.2) is 73.1 Å². The predicted molar refractivity (Wildman–Crippen MR) is 112 cm³/mol. The molecule has 0 spiro atoms. The Hall–Kier alpha value is -3.39. The molecule has 3 aromatic rings. The molecule has 0 fully saturated rings. The molecule has 8 heteroatoms. The van der Waals surface area contributed by atoms with E-state index in [1.165, 1.54) is 0 Å². The number of anilines is 1. The van der Waals surface area contributed by atoms with Gasteiger partial charge in [-0.15, -0.1) is 11.3 Å². The normalized spacial score (nSPS) is 11.7. The molecular weight excluding hydrogens is 394 g/mol. The second-order valence-electron chi connectivity index (χ2n) is 6.19. The van der Waals surface area contributed by atoms with Crippen molar-refractivity contribution in [1.29, 1.82) is 0 Å². The summed E-state index contributed by atoms with van der Waals surface area (Å²) in [5, 5.41) is 7.47. The molecule has 3 rings (SSSR count). The fourth-order valence-corrected chi connectivity index (χ4v) is 3.60. The third kappa shape index (κ3) is 4.38. The van der Waals surface area contributed by atoms with Gasteiger partial charge in [0.2, 0.25) is 0 Å². The lowest BCUT2D eigenvalue weighted by Gasteiger charge is -2.08. The molecular formula is C21H18F2N4OS. The lowest BCUT2D eigenvalue weighted by molar-refractivity contribution is -0.112. The van der Waals surface area contributed by atoms with Crippen molar-refractivity contribution >= 4 is 22.9 Å². The van der Waals surface area contributed by atoms with E-state index >= 15 is 0 Å². The number of nitrogens with one attached hydrogen (secondary N) is 1. The predicted octanol–water partition coefficient (Wildman–Crippen LogP) is 5.35. The summed E-state index contributed by atoms with van der Waals surface area (Å²) in [5.74, 6) is -3.18. The topological polar surface area (TPSA) is 59.8 Å². The van der Waals surface area contributed by atoms with Gasteiger partial charge in [0, 0.05) is 34.9 Å². The number of rotatable bonds is 6. The van der Waals surface area contributed by atoms with Crippen LogP contribution in [0.4, 0.5) is 14.5 Å². The Bertz CT molecular complexity index is 1130. The molecule has 2 heterocycles. The van der Waals surface area contributed by atoms with E-state index in [1.807, 2.05) is 20.2 Å². The Labute approximate surface area is 170 Å². The van der Waals surface area contributed by atoms with Gasteiger partial charge in [0.25, 0.3) is 5.91 Å². The van der Waals surface area contributed by atoms with Crippen LogP contribution in [0.25, 0.3) is 21.8 Å². The molecule has 5 nitrogen and oxygen atoms in total. The second-order valence-corrected chi connectivity index (χ2v) is 7.39. The minimum atomic E-state index is -1.17. The highest BCUT2D eigenvalue weighted by atomic mass is 32.1. The van der Waals surface area contributed by atoms with Crippen molar-refractivity contribution in [3.05, 3.63) is 78.0 Å². The Morgan fingerprint density at radius 3 is 2.48 bits per heavy atom. The zero-order valence-corrected chi connectivity index (χ0v) is 16.7. The molecule has 1 aromatic carbocycles. The van der Waals surface area contributed by atoms with Crippen LogP contribution in [0.2, 0.25) is 0 Å². The summed E-state index contributed by atoms with van der Waals surface area (Å²) >= 11 is 1.56. The molecule has 0 saturated carbocycles. The molecule has 0 atom stereocenters. The van der Waals surface area contributed by atoms with Crippen LogP contribution < -0.4 is 5.32 Å². The van der Waals surface area contributed by atoms with E-state index in [4.69, 9.17) is 0 Å². The molecule has 0 radical (unpaired) electrons. The summed E-state index contributed by atoms with van der Waals surface area (Å²) in [7, 11) is 1.84. The number of allylic oxidation sites excluding steroid dienone is 2.